The number of rotatable bonds is 6. The molecular formula is C15H19NO3. The molecule has 2 rings (SSSR count). The monoisotopic (exact) mass is 261 g/mol. The molecule has 0 bridgehead atoms. The average Bonchev–Trinajstić information content (AvgIpc) is 3.20. The molecule has 4 nitrogen and oxygen atoms in total. The number of carbonyl (C=O) groups is 2. The summed E-state index contributed by atoms with van der Waals surface area (Å²) in [6.45, 7) is 2.73. The molecular weight excluding hydrogens is 242 g/mol. The number of anilines is 1. The summed E-state index contributed by atoms with van der Waals surface area (Å²) in [5, 5.41) is 8.93. The van der Waals surface area contributed by atoms with Gasteiger partial charge in [-0.25, -0.2) is 0 Å². The van der Waals surface area contributed by atoms with Crippen molar-refractivity contribution in [1.29, 1.82) is 0 Å². The summed E-state index contributed by atoms with van der Waals surface area (Å²) in [7, 11) is 0. The van der Waals surface area contributed by atoms with Crippen molar-refractivity contribution in [1.82, 2.24) is 0 Å². The molecule has 0 aliphatic heterocycles. The van der Waals surface area contributed by atoms with Crippen LogP contribution in [0.2, 0.25) is 0 Å². The number of carbonyl (C=O) groups excluding carboxylic acids is 1. The van der Waals surface area contributed by atoms with E-state index < -0.39 is 11.9 Å². The van der Waals surface area contributed by atoms with Gasteiger partial charge < -0.3 is 10.0 Å². The molecule has 1 aromatic rings. The number of aliphatic carboxylic acids is 1. The lowest BCUT2D eigenvalue weighted by Gasteiger charge is -2.22. The van der Waals surface area contributed by atoms with Gasteiger partial charge in [-0.2, -0.15) is 0 Å². The SMILES string of the molecule is CCCCN(C(=O)C1CC1C(=O)O)c1ccccc1. The molecule has 1 amide bonds. The first-order chi connectivity index (χ1) is 9.15. The third kappa shape index (κ3) is 3.13. The highest BCUT2D eigenvalue weighted by Crippen LogP contribution is 2.40. The number of benzene rings is 1. The Balaban J connectivity index is 2.10. The van der Waals surface area contributed by atoms with Gasteiger partial charge in [0.05, 0.1) is 11.8 Å². The van der Waals surface area contributed by atoms with Crippen molar-refractivity contribution in [3.8, 4) is 0 Å². The van der Waals surface area contributed by atoms with E-state index >= 15 is 0 Å². The molecule has 0 heterocycles. The van der Waals surface area contributed by atoms with Gasteiger partial charge in [0.15, 0.2) is 0 Å². The lowest BCUT2D eigenvalue weighted by atomic mass is 10.2. The molecule has 1 aliphatic carbocycles. The first-order valence-electron chi connectivity index (χ1n) is 6.74. The topological polar surface area (TPSA) is 57.6 Å². The fraction of sp³-hybridized carbons (Fsp3) is 0.467. The summed E-state index contributed by atoms with van der Waals surface area (Å²) < 4.78 is 0. The predicted octanol–water partition coefficient (Wildman–Crippen LogP) is 2.54. The fourth-order valence-corrected chi connectivity index (χ4v) is 2.23. The van der Waals surface area contributed by atoms with E-state index in [4.69, 9.17) is 5.11 Å². The first kappa shape index (κ1) is 13.6. The highest BCUT2D eigenvalue weighted by molar-refractivity contribution is 6.00. The van der Waals surface area contributed by atoms with Gasteiger partial charge in [0.25, 0.3) is 0 Å². The number of para-hydroxylation sites is 1. The second kappa shape index (κ2) is 5.87. The van der Waals surface area contributed by atoms with Crippen LogP contribution in [0.4, 0.5) is 5.69 Å². The van der Waals surface area contributed by atoms with E-state index in [-0.39, 0.29) is 11.8 Å². The summed E-state index contributed by atoms with van der Waals surface area (Å²) in [6, 6.07) is 9.48. The molecule has 102 valence electrons. The molecule has 0 radical (unpaired) electrons. The molecule has 19 heavy (non-hydrogen) atoms. The average molecular weight is 261 g/mol. The number of amides is 1. The highest BCUT2D eigenvalue weighted by atomic mass is 16.4. The zero-order valence-corrected chi connectivity index (χ0v) is 11.1. The van der Waals surface area contributed by atoms with Gasteiger partial charge in [0.1, 0.15) is 0 Å². The van der Waals surface area contributed by atoms with Gasteiger partial charge in [-0.15, -0.1) is 0 Å². The van der Waals surface area contributed by atoms with Crippen LogP contribution in [-0.4, -0.2) is 23.5 Å². The Hall–Kier alpha value is -1.84. The van der Waals surface area contributed by atoms with Crippen LogP contribution in [0.25, 0.3) is 0 Å². The van der Waals surface area contributed by atoms with Crippen molar-refractivity contribution in [2.75, 3.05) is 11.4 Å². The first-order valence-corrected chi connectivity index (χ1v) is 6.74. The Morgan fingerprint density at radius 2 is 1.95 bits per heavy atom. The van der Waals surface area contributed by atoms with Gasteiger partial charge in [-0.3, -0.25) is 9.59 Å². The van der Waals surface area contributed by atoms with Crippen LogP contribution in [0, 0.1) is 11.8 Å². The Morgan fingerprint density at radius 3 is 2.47 bits per heavy atom. The van der Waals surface area contributed by atoms with E-state index in [0.717, 1.165) is 18.5 Å². The highest BCUT2D eigenvalue weighted by Gasteiger charge is 2.49. The maximum Gasteiger partial charge on any atom is 0.307 e. The van der Waals surface area contributed by atoms with E-state index in [1.165, 1.54) is 0 Å². The second-order valence-corrected chi connectivity index (χ2v) is 4.97. The van der Waals surface area contributed by atoms with Crippen LogP contribution >= 0.6 is 0 Å². The van der Waals surface area contributed by atoms with Crippen LogP contribution in [0.5, 0.6) is 0 Å². The zero-order chi connectivity index (χ0) is 13.8. The Morgan fingerprint density at radius 1 is 1.26 bits per heavy atom. The number of carboxylic acids is 1. The maximum atomic E-state index is 12.4. The van der Waals surface area contributed by atoms with Crippen LogP contribution in [0.15, 0.2) is 30.3 Å². The summed E-state index contributed by atoms with van der Waals surface area (Å²) in [5.74, 6) is -1.73. The number of unbranched alkanes of at least 4 members (excludes halogenated alkanes) is 1. The largest absolute Gasteiger partial charge is 0.481 e. The van der Waals surface area contributed by atoms with E-state index in [9.17, 15) is 9.59 Å². The van der Waals surface area contributed by atoms with Crippen molar-refractivity contribution >= 4 is 17.6 Å². The van der Waals surface area contributed by atoms with E-state index in [1.54, 1.807) is 4.90 Å². The summed E-state index contributed by atoms with van der Waals surface area (Å²) in [5.41, 5.74) is 0.858. The van der Waals surface area contributed by atoms with E-state index in [1.807, 2.05) is 30.3 Å². The summed E-state index contributed by atoms with van der Waals surface area (Å²) in [6.07, 6.45) is 2.40. The van der Waals surface area contributed by atoms with Crippen molar-refractivity contribution in [2.45, 2.75) is 26.2 Å². The molecule has 2 atom stereocenters. The molecule has 0 aromatic heterocycles. The van der Waals surface area contributed by atoms with Gasteiger partial charge >= 0.3 is 5.97 Å². The standard InChI is InChI=1S/C15H19NO3/c1-2-3-9-16(11-7-5-4-6-8-11)14(17)12-10-13(12)15(18)19/h4-8,12-13H,2-3,9-10H2,1H3,(H,18,19). The third-order valence-corrected chi connectivity index (χ3v) is 3.49. The van der Waals surface area contributed by atoms with Crippen molar-refractivity contribution in [3.05, 3.63) is 30.3 Å². The second-order valence-electron chi connectivity index (χ2n) is 4.97. The van der Waals surface area contributed by atoms with Crippen LogP contribution in [0.3, 0.4) is 0 Å². The quantitative estimate of drug-likeness (QED) is 0.856. The molecule has 1 fully saturated rings. The van der Waals surface area contributed by atoms with Crippen molar-refractivity contribution < 1.29 is 14.7 Å². The van der Waals surface area contributed by atoms with Crippen LogP contribution in [-0.2, 0) is 9.59 Å². The van der Waals surface area contributed by atoms with Crippen molar-refractivity contribution in [3.63, 3.8) is 0 Å². The smallest absolute Gasteiger partial charge is 0.307 e. The van der Waals surface area contributed by atoms with Gasteiger partial charge in [-0.1, -0.05) is 31.5 Å². The molecule has 1 aromatic carbocycles. The Kier molecular flexibility index (Phi) is 4.20. The minimum Gasteiger partial charge on any atom is -0.481 e. The fourth-order valence-electron chi connectivity index (χ4n) is 2.23. The van der Waals surface area contributed by atoms with Gasteiger partial charge in [0.2, 0.25) is 5.91 Å². The lowest BCUT2D eigenvalue weighted by Crippen LogP contribution is -2.34. The molecule has 0 spiro atoms. The van der Waals surface area contributed by atoms with Gasteiger partial charge in [0, 0.05) is 12.2 Å². The van der Waals surface area contributed by atoms with Crippen LogP contribution in [0.1, 0.15) is 26.2 Å². The van der Waals surface area contributed by atoms with E-state index in [2.05, 4.69) is 6.92 Å². The number of hydrogen-bond donors (Lipinski definition) is 1. The molecule has 0 saturated heterocycles. The summed E-state index contributed by atoms with van der Waals surface area (Å²) >= 11 is 0. The van der Waals surface area contributed by atoms with Crippen LogP contribution < -0.4 is 4.90 Å². The lowest BCUT2D eigenvalue weighted by molar-refractivity contribution is -0.140. The van der Waals surface area contributed by atoms with Crippen molar-refractivity contribution in [2.24, 2.45) is 11.8 Å². The summed E-state index contributed by atoms with van der Waals surface area (Å²) in [4.78, 5) is 25.0. The third-order valence-electron chi connectivity index (χ3n) is 3.49. The predicted molar refractivity (Wildman–Crippen MR) is 72.9 cm³/mol. The Labute approximate surface area is 113 Å². The molecule has 1 aliphatic rings. The number of carboxylic acid groups (broad SMARTS) is 1. The molecule has 1 N–H and O–H groups in total. The van der Waals surface area contributed by atoms with E-state index in [0.29, 0.717) is 13.0 Å². The molecule has 1 saturated carbocycles. The Bertz CT molecular complexity index is 458. The van der Waals surface area contributed by atoms with Gasteiger partial charge in [-0.05, 0) is 25.0 Å². The maximum absolute atomic E-state index is 12.4. The number of nitrogens with zero attached hydrogens (tertiary/aromatic N) is 1. The zero-order valence-electron chi connectivity index (χ0n) is 11.1. The minimum absolute atomic E-state index is 0.0490. The minimum atomic E-state index is -0.859. The molecule has 2 unspecified atom stereocenters. The number of hydrogen-bond acceptors (Lipinski definition) is 2. The normalized spacial score (nSPS) is 20.9. The molecule has 4 heteroatoms.